The first-order valence-electron chi connectivity index (χ1n) is 5.91. The molecule has 0 aliphatic heterocycles. The molecule has 0 bridgehead atoms. The summed E-state index contributed by atoms with van der Waals surface area (Å²) in [5, 5.41) is 10.6. The Kier molecular flexibility index (Phi) is 4.06. The molecule has 0 aliphatic rings. The van der Waals surface area contributed by atoms with E-state index in [1.54, 1.807) is 25.1 Å². The highest BCUT2D eigenvalue weighted by molar-refractivity contribution is 6.32. The van der Waals surface area contributed by atoms with Gasteiger partial charge in [-0.25, -0.2) is 0 Å². The summed E-state index contributed by atoms with van der Waals surface area (Å²) in [7, 11) is 0. The second-order valence-electron chi connectivity index (χ2n) is 4.50. The van der Waals surface area contributed by atoms with Gasteiger partial charge >= 0.3 is 6.18 Å². The number of hydrogen-bond acceptors (Lipinski definition) is 1. The molecule has 0 aromatic heterocycles. The fourth-order valence-corrected chi connectivity index (χ4v) is 2.14. The molecule has 20 heavy (non-hydrogen) atoms. The summed E-state index contributed by atoms with van der Waals surface area (Å²) in [4.78, 5) is 0. The van der Waals surface area contributed by atoms with Gasteiger partial charge in [0.15, 0.2) is 0 Å². The van der Waals surface area contributed by atoms with E-state index in [0.29, 0.717) is 16.1 Å². The van der Waals surface area contributed by atoms with Gasteiger partial charge in [-0.05, 0) is 30.2 Å². The lowest BCUT2D eigenvalue weighted by Crippen LogP contribution is -2.06. The zero-order chi connectivity index (χ0) is 14.9. The van der Waals surface area contributed by atoms with Crippen LogP contribution in [-0.2, 0) is 6.18 Å². The number of aliphatic hydroxyl groups excluding tert-OH is 1. The Labute approximate surface area is 119 Å². The van der Waals surface area contributed by atoms with E-state index in [-0.39, 0.29) is 0 Å². The van der Waals surface area contributed by atoms with Crippen LogP contribution in [0.2, 0.25) is 5.02 Å². The van der Waals surface area contributed by atoms with E-state index in [0.717, 1.165) is 17.7 Å². The number of aryl methyl sites for hydroxylation is 1. The third-order valence-corrected chi connectivity index (χ3v) is 3.59. The predicted octanol–water partition coefficient (Wildman–Crippen LogP) is 4.75. The summed E-state index contributed by atoms with van der Waals surface area (Å²) in [5.41, 5.74) is 0.899. The molecule has 0 fully saturated rings. The molecule has 0 radical (unpaired) electrons. The van der Waals surface area contributed by atoms with E-state index in [4.69, 9.17) is 11.6 Å². The van der Waals surface area contributed by atoms with Crippen LogP contribution in [0.15, 0.2) is 42.5 Å². The van der Waals surface area contributed by atoms with E-state index < -0.39 is 17.8 Å². The molecule has 0 saturated carbocycles. The largest absolute Gasteiger partial charge is 0.416 e. The van der Waals surface area contributed by atoms with Crippen molar-refractivity contribution < 1.29 is 18.3 Å². The number of hydrogen-bond donors (Lipinski definition) is 1. The monoisotopic (exact) mass is 300 g/mol. The first-order valence-corrected chi connectivity index (χ1v) is 6.28. The second kappa shape index (κ2) is 5.46. The molecule has 0 saturated heterocycles. The van der Waals surface area contributed by atoms with Crippen LogP contribution in [0.4, 0.5) is 13.2 Å². The lowest BCUT2D eigenvalue weighted by atomic mass is 9.99. The molecular weight excluding hydrogens is 289 g/mol. The van der Waals surface area contributed by atoms with Crippen molar-refractivity contribution in [1.82, 2.24) is 0 Å². The molecule has 106 valence electrons. The molecule has 1 N–H and O–H groups in total. The molecule has 0 heterocycles. The van der Waals surface area contributed by atoms with Gasteiger partial charge in [-0.2, -0.15) is 13.2 Å². The van der Waals surface area contributed by atoms with Gasteiger partial charge in [0, 0.05) is 10.6 Å². The molecule has 1 nitrogen and oxygen atoms in total. The highest BCUT2D eigenvalue weighted by Crippen LogP contribution is 2.33. The maximum Gasteiger partial charge on any atom is 0.416 e. The Morgan fingerprint density at radius 2 is 1.65 bits per heavy atom. The molecule has 1 atom stereocenters. The molecule has 2 aromatic carbocycles. The average Bonchev–Trinajstić information content (AvgIpc) is 2.40. The number of rotatable bonds is 2. The van der Waals surface area contributed by atoms with Gasteiger partial charge in [0.25, 0.3) is 0 Å². The molecule has 1 unspecified atom stereocenters. The molecule has 5 heteroatoms. The third-order valence-electron chi connectivity index (χ3n) is 3.07. The van der Waals surface area contributed by atoms with Gasteiger partial charge in [0.2, 0.25) is 0 Å². The molecule has 2 rings (SSSR count). The van der Waals surface area contributed by atoms with Crippen molar-refractivity contribution in [1.29, 1.82) is 0 Å². The Hall–Kier alpha value is -1.52. The minimum Gasteiger partial charge on any atom is -0.384 e. The van der Waals surface area contributed by atoms with Crippen LogP contribution in [0, 0.1) is 6.92 Å². The fraction of sp³-hybridized carbons (Fsp3) is 0.200. The smallest absolute Gasteiger partial charge is 0.384 e. The number of alkyl halides is 3. The second-order valence-corrected chi connectivity index (χ2v) is 4.88. The van der Waals surface area contributed by atoms with Crippen molar-refractivity contribution in [2.45, 2.75) is 19.2 Å². The summed E-state index contributed by atoms with van der Waals surface area (Å²) in [6.07, 6.45) is -5.44. The number of halogens is 4. The van der Waals surface area contributed by atoms with E-state index in [9.17, 15) is 18.3 Å². The SMILES string of the molecule is Cc1cccc(C(O)c2ccc(C(F)(F)F)cc2)c1Cl. The molecular formula is C15H12ClF3O. The van der Waals surface area contributed by atoms with Crippen molar-refractivity contribution in [3.8, 4) is 0 Å². The third kappa shape index (κ3) is 2.97. The fourth-order valence-electron chi connectivity index (χ4n) is 1.92. The predicted molar refractivity (Wildman–Crippen MR) is 71.7 cm³/mol. The topological polar surface area (TPSA) is 20.2 Å². The van der Waals surface area contributed by atoms with Crippen LogP contribution in [0.1, 0.15) is 28.4 Å². The zero-order valence-corrected chi connectivity index (χ0v) is 11.3. The molecule has 0 amide bonds. The summed E-state index contributed by atoms with van der Waals surface area (Å²) in [6.45, 7) is 1.80. The van der Waals surface area contributed by atoms with Gasteiger partial charge < -0.3 is 5.11 Å². The summed E-state index contributed by atoms with van der Waals surface area (Å²) in [6, 6.07) is 9.59. The van der Waals surface area contributed by atoms with E-state index >= 15 is 0 Å². The first kappa shape index (κ1) is 14.9. The first-order chi connectivity index (χ1) is 9.30. The maximum atomic E-state index is 12.5. The van der Waals surface area contributed by atoms with Crippen molar-refractivity contribution in [2.24, 2.45) is 0 Å². The minimum atomic E-state index is -4.38. The van der Waals surface area contributed by atoms with Gasteiger partial charge in [0.05, 0.1) is 5.56 Å². The van der Waals surface area contributed by atoms with Gasteiger partial charge in [0.1, 0.15) is 6.10 Å². The quantitative estimate of drug-likeness (QED) is 0.848. The Morgan fingerprint density at radius 3 is 2.20 bits per heavy atom. The van der Waals surface area contributed by atoms with Crippen LogP contribution in [0.5, 0.6) is 0 Å². The molecule has 0 spiro atoms. The van der Waals surface area contributed by atoms with Crippen molar-refractivity contribution in [3.63, 3.8) is 0 Å². The zero-order valence-electron chi connectivity index (χ0n) is 10.6. The number of aliphatic hydroxyl groups is 1. The summed E-state index contributed by atoms with van der Waals surface area (Å²) >= 11 is 6.10. The Morgan fingerprint density at radius 1 is 1.05 bits per heavy atom. The van der Waals surface area contributed by atoms with Crippen molar-refractivity contribution in [2.75, 3.05) is 0 Å². The summed E-state index contributed by atoms with van der Waals surface area (Å²) < 4.78 is 37.4. The van der Waals surface area contributed by atoms with Gasteiger partial charge in [-0.1, -0.05) is 41.9 Å². The van der Waals surface area contributed by atoms with Crippen molar-refractivity contribution in [3.05, 3.63) is 69.7 Å². The standard InChI is InChI=1S/C15H12ClF3O/c1-9-3-2-4-12(13(9)16)14(20)10-5-7-11(8-6-10)15(17,18)19/h2-8,14,20H,1H3. The van der Waals surface area contributed by atoms with E-state index in [2.05, 4.69) is 0 Å². The van der Waals surface area contributed by atoms with E-state index in [1.165, 1.54) is 12.1 Å². The number of benzene rings is 2. The molecule has 2 aromatic rings. The lowest BCUT2D eigenvalue weighted by molar-refractivity contribution is -0.137. The normalized spacial score (nSPS) is 13.3. The van der Waals surface area contributed by atoms with Crippen LogP contribution >= 0.6 is 11.6 Å². The lowest BCUT2D eigenvalue weighted by Gasteiger charge is -2.15. The summed E-state index contributed by atoms with van der Waals surface area (Å²) in [5.74, 6) is 0. The van der Waals surface area contributed by atoms with Crippen molar-refractivity contribution >= 4 is 11.6 Å². The average molecular weight is 301 g/mol. The highest BCUT2D eigenvalue weighted by Gasteiger charge is 2.30. The van der Waals surface area contributed by atoms with E-state index in [1.807, 2.05) is 0 Å². The Balaban J connectivity index is 2.34. The van der Waals surface area contributed by atoms with Gasteiger partial charge in [-0.15, -0.1) is 0 Å². The minimum absolute atomic E-state index is 0.366. The molecule has 0 aliphatic carbocycles. The van der Waals surface area contributed by atoms with Crippen LogP contribution in [0.25, 0.3) is 0 Å². The van der Waals surface area contributed by atoms with Gasteiger partial charge in [-0.3, -0.25) is 0 Å². The maximum absolute atomic E-state index is 12.5. The van der Waals surface area contributed by atoms with Crippen LogP contribution in [-0.4, -0.2) is 5.11 Å². The Bertz CT molecular complexity index is 606. The van der Waals surface area contributed by atoms with Crippen LogP contribution < -0.4 is 0 Å². The highest BCUT2D eigenvalue weighted by atomic mass is 35.5. The van der Waals surface area contributed by atoms with Crippen LogP contribution in [0.3, 0.4) is 0 Å².